The van der Waals surface area contributed by atoms with Gasteiger partial charge in [-0.05, 0) is 31.5 Å². The number of aromatic nitrogens is 1. The maximum absolute atomic E-state index is 5.30. The van der Waals surface area contributed by atoms with Crippen LogP contribution in [0.3, 0.4) is 0 Å². The van der Waals surface area contributed by atoms with Gasteiger partial charge in [-0.3, -0.25) is 4.98 Å². The third-order valence-corrected chi connectivity index (χ3v) is 3.46. The molecular weight excluding hydrogens is 266 g/mol. The summed E-state index contributed by atoms with van der Waals surface area (Å²) in [5.74, 6) is 0.942. The summed E-state index contributed by atoms with van der Waals surface area (Å²) in [6.45, 7) is 4.04. The molecule has 0 amide bonds. The maximum atomic E-state index is 5.30. The van der Waals surface area contributed by atoms with Crippen molar-refractivity contribution < 1.29 is 4.42 Å². The van der Waals surface area contributed by atoms with E-state index in [0.29, 0.717) is 0 Å². The number of rotatable bonds is 3. The van der Waals surface area contributed by atoms with Gasteiger partial charge in [0.1, 0.15) is 5.76 Å². The van der Waals surface area contributed by atoms with Gasteiger partial charge in [-0.25, -0.2) is 0 Å². The Morgan fingerprint density at radius 2 is 2.25 bits per heavy atom. The van der Waals surface area contributed by atoms with Gasteiger partial charge in [0.05, 0.1) is 6.26 Å². The van der Waals surface area contributed by atoms with Crippen LogP contribution in [0.1, 0.15) is 27.4 Å². The summed E-state index contributed by atoms with van der Waals surface area (Å²) in [7, 11) is 0. The van der Waals surface area contributed by atoms with Crippen LogP contribution in [0.2, 0.25) is 0 Å². The summed E-state index contributed by atoms with van der Waals surface area (Å²) >= 11 is 3.67. The molecule has 0 N–H and O–H groups in total. The Bertz CT molecular complexity index is 478. The van der Waals surface area contributed by atoms with E-state index in [0.717, 1.165) is 17.9 Å². The molecule has 0 spiro atoms. The van der Waals surface area contributed by atoms with Gasteiger partial charge in [0.15, 0.2) is 0 Å². The third kappa shape index (κ3) is 2.53. The second-order valence-corrected chi connectivity index (χ2v) is 5.03. The summed E-state index contributed by atoms with van der Waals surface area (Å²) in [5.41, 5.74) is 3.53. The number of halogens is 1. The van der Waals surface area contributed by atoms with Crippen LogP contribution in [0.5, 0.6) is 0 Å². The van der Waals surface area contributed by atoms with Gasteiger partial charge in [0.2, 0.25) is 0 Å². The predicted molar refractivity (Wildman–Crippen MR) is 67.8 cm³/mol. The van der Waals surface area contributed by atoms with E-state index in [1.54, 1.807) is 6.26 Å². The zero-order valence-electron chi connectivity index (χ0n) is 9.40. The van der Waals surface area contributed by atoms with E-state index in [2.05, 4.69) is 40.0 Å². The molecule has 0 aromatic carbocycles. The van der Waals surface area contributed by atoms with Gasteiger partial charge >= 0.3 is 0 Å². The Kier molecular flexibility index (Phi) is 3.44. The first-order valence-electron chi connectivity index (χ1n) is 5.26. The van der Waals surface area contributed by atoms with Crippen molar-refractivity contribution in [2.45, 2.75) is 25.1 Å². The monoisotopic (exact) mass is 279 g/mol. The highest BCUT2D eigenvalue weighted by Gasteiger charge is 2.12. The van der Waals surface area contributed by atoms with E-state index in [1.807, 2.05) is 19.2 Å². The van der Waals surface area contributed by atoms with E-state index < -0.39 is 0 Å². The van der Waals surface area contributed by atoms with Gasteiger partial charge < -0.3 is 4.42 Å². The highest BCUT2D eigenvalue weighted by molar-refractivity contribution is 9.09. The first-order valence-corrected chi connectivity index (χ1v) is 6.18. The minimum Gasteiger partial charge on any atom is -0.469 e. The van der Waals surface area contributed by atoms with Crippen molar-refractivity contribution in [2.75, 3.05) is 0 Å². The number of hydrogen-bond acceptors (Lipinski definition) is 2. The van der Waals surface area contributed by atoms with Crippen LogP contribution >= 0.6 is 15.9 Å². The molecule has 1 atom stereocenters. The van der Waals surface area contributed by atoms with Crippen LogP contribution < -0.4 is 0 Å². The van der Waals surface area contributed by atoms with Crippen LogP contribution in [0, 0.1) is 13.8 Å². The van der Waals surface area contributed by atoms with E-state index >= 15 is 0 Å². The summed E-state index contributed by atoms with van der Waals surface area (Å²) < 4.78 is 5.30. The summed E-state index contributed by atoms with van der Waals surface area (Å²) in [6.07, 6.45) is 4.52. The minimum atomic E-state index is 0.263. The number of alkyl halides is 1. The molecule has 0 aliphatic carbocycles. The molecule has 2 rings (SSSR count). The van der Waals surface area contributed by atoms with Crippen molar-refractivity contribution in [1.29, 1.82) is 0 Å². The molecular formula is C13H14BrNO. The molecule has 2 nitrogen and oxygen atoms in total. The molecule has 2 aromatic rings. The normalized spacial score (nSPS) is 12.7. The SMILES string of the molecule is Cc1cc(C(Br)Cc2ncccc2C)co1. The van der Waals surface area contributed by atoms with Crippen LogP contribution in [0.25, 0.3) is 0 Å². The molecule has 0 saturated carbocycles. The molecule has 1 unspecified atom stereocenters. The fourth-order valence-electron chi connectivity index (χ4n) is 1.65. The molecule has 84 valence electrons. The number of pyridine rings is 1. The molecule has 16 heavy (non-hydrogen) atoms. The lowest BCUT2D eigenvalue weighted by molar-refractivity contribution is 0.531. The zero-order chi connectivity index (χ0) is 11.5. The third-order valence-electron chi connectivity index (χ3n) is 2.60. The molecule has 0 bridgehead atoms. The Labute approximate surface area is 104 Å². The lowest BCUT2D eigenvalue weighted by Gasteiger charge is -2.08. The van der Waals surface area contributed by atoms with Gasteiger partial charge in [-0.15, -0.1) is 0 Å². The van der Waals surface area contributed by atoms with Crippen LogP contribution in [-0.4, -0.2) is 4.98 Å². The molecule has 0 aliphatic heterocycles. The predicted octanol–water partition coefficient (Wildman–Crippen LogP) is 3.97. The summed E-state index contributed by atoms with van der Waals surface area (Å²) in [5, 5.41) is 0. The maximum Gasteiger partial charge on any atom is 0.101 e. The zero-order valence-corrected chi connectivity index (χ0v) is 11.0. The summed E-state index contributed by atoms with van der Waals surface area (Å²) in [6, 6.07) is 6.10. The van der Waals surface area contributed by atoms with Crippen LogP contribution in [0.4, 0.5) is 0 Å². The largest absolute Gasteiger partial charge is 0.469 e. The fourth-order valence-corrected chi connectivity index (χ4v) is 2.19. The quantitative estimate of drug-likeness (QED) is 0.795. The second-order valence-electron chi connectivity index (χ2n) is 3.93. The van der Waals surface area contributed by atoms with Crippen molar-refractivity contribution in [3.8, 4) is 0 Å². The molecule has 0 saturated heterocycles. The molecule has 2 aromatic heterocycles. The summed E-state index contributed by atoms with van der Waals surface area (Å²) in [4.78, 5) is 4.65. The van der Waals surface area contributed by atoms with E-state index in [9.17, 15) is 0 Å². The Morgan fingerprint density at radius 3 is 2.88 bits per heavy atom. The topological polar surface area (TPSA) is 26.0 Å². The highest BCUT2D eigenvalue weighted by atomic mass is 79.9. The van der Waals surface area contributed by atoms with Crippen molar-refractivity contribution >= 4 is 15.9 Å². The highest BCUT2D eigenvalue weighted by Crippen LogP contribution is 2.28. The first-order chi connectivity index (χ1) is 7.66. The van der Waals surface area contributed by atoms with Crippen molar-refractivity contribution in [1.82, 2.24) is 4.98 Å². The first kappa shape index (κ1) is 11.4. The van der Waals surface area contributed by atoms with Gasteiger partial charge in [-0.1, -0.05) is 22.0 Å². The Hall–Kier alpha value is -1.09. The molecule has 0 aliphatic rings. The number of hydrogen-bond donors (Lipinski definition) is 0. The lowest BCUT2D eigenvalue weighted by Crippen LogP contribution is -1.98. The van der Waals surface area contributed by atoms with Crippen LogP contribution in [-0.2, 0) is 6.42 Å². The van der Waals surface area contributed by atoms with E-state index in [4.69, 9.17) is 4.42 Å². The fraction of sp³-hybridized carbons (Fsp3) is 0.308. The van der Waals surface area contributed by atoms with Gasteiger partial charge in [0.25, 0.3) is 0 Å². The molecule has 0 fully saturated rings. The van der Waals surface area contributed by atoms with Crippen molar-refractivity contribution in [3.63, 3.8) is 0 Å². The van der Waals surface area contributed by atoms with Crippen LogP contribution in [0.15, 0.2) is 35.1 Å². The second kappa shape index (κ2) is 4.83. The average Bonchev–Trinajstić information content (AvgIpc) is 2.68. The number of furan rings is 1. The minimum absolute atomic E-state index is 0.263. The van der Waals surface area contributed by atoms with Crippen molar-refractivity contribution in [2.24, 2.45) is 0 Å². The number of nitrogens with zero attached hydrogens (tertiary/aromatic N) is 1. The van der Waals surface area contributed by atoms with Gasteiger partial charge in [0, 0.05) is 28.7 Å². The molecule has 3 heteroatoms. The molecule has 0 radical (unpaired) electrons. The van der Waals surface area contributed by atoms with Gasteiger partial charge in [-0.2, -0.15) is 0 Å². The lowest BCUT2D eigenvalue weighted by atomic mass is 10.1. The number of aryl methyl sites for hydroxylation is 2. The Morgan fingerprint density at radius 1 is 1.44 bits per heavy atom. The molecule has 2 heterocycles. The average molecular weight is 280 g/mol. The Balaban J connectivity index is 2.13. The van der Waals surface area contributed by atoms with Crippen molar-refractivity contribution in [3.05, 3.63) is 53.2 Å². The smallest absolute Gasteiger partial charge is 0.101 e. The standard InChI is InChI=1S/C13H14BrNO/c1-9-4-3-5-15-13(9)7-12(14)11-6-10(2)16-8-11/h3-6,8,12H,7H2,1-2H3. The van der Waals surface area contributed by atoms with E-state index in [1.165, 1.54) is 11.1 Å². The van der Waals surface area contributed by atoms with E-state index in [-0.39, 0.29) is 4.83 Å².